The first-order chi connectivity index (χ1) is 11.5. The van der Waals surface area contributed by atoms with Crippen molar-refractivity contribution in [2.45, 2.75) is 6.92 Å². The summed E-state index contributed by atoms with van der Waals surface area (Å²) in [6.07, 6.45) is 3.04. The maximum Gasteiger partial charge on any atom is 0.269 e. The molecule has 0 saturated carbocycles. The zero-order chi connectivity index (χ0) is 17.4. The first-order valence-corrected chi connectivity index (χ1v) is 7.66. The highest BCUT2D eigenvalue weighted by atomic mass is 32.1. The van der Waals surface area contributed by atoms with Crippen LogP contribution in [0.15, 0.2) is 60.7 Å². The monoisotopic (exact) mass is 339 g/mol. The molecule has 0 atom stereocenters. The Morgan fingerprint density at radius 1 is 1.00 bits per heavy atom. The highest BCUT2D eigenvalue weighted by molar-refractivity contribution is 7.80. The Labute approximate surface area is 145 Å². The van der Waals surface area contributed by atoms with Gasteiger partial charge in [-0.15, -0.1) is 0 Å². The van der Waals surface area contributed by atoms with E-state index in [0.29, 0.717) is 5.56 Å². The second-order valence-electron chi connectivity index (χ2n) is 5.01. The second kappa shape index (κ2) is 8.59. The quantitative estimate of drug-likeness (QED) is 0.456. The molecule has 0 unspecified atom stereocenters. The summed E-state index contributed by atoms with van der Waals surface area (Å²) in [5, 5.41) is 2.46. The lowest BCUT2D eigenvalue weighted by molar-refractivity contribution is -0.115. The largest absolute Gasteiger partial charge is 0.298 e. The van der Waals surface area contributed by atoms with Crippen molar-refractivity contribution in [1.82, 2.24) is 16.2 Å². The van der Waals surface area contributed by atoms with Crippen molar-refractivity contribution in [1.29, 1.82) is 0 Å². The Balaban J connectivity index is 1.79. The van der Waals surface area contributed by atoms with Gasteiger partial charge in [0.25, 0.3) is 5.91 Å². The van der Waals surface area contributed by atoms with Crippen molar-refractivity contribution >= 4 is 35.2 Å². The number of hydrazine groups is 1. The van der Waals surface area contributed by atoms with Crippen LogP contribution in [0.25, 0.3) is 6.08 Å². The lowest BCUT2D eigenvalue weighted by Crippen LogP contribution is -2.48. The summed E-state index contributed by atoms with van der Waals surface area (Å²) in [6, 6.07) is 16.5. The number of carbonyl (C=O) groups is 2. The van der Waals surface area contributed by atoms with Gasteiger partial charge < -0.3 is 0 Å². The molecule has 0 aliphatic heterocycles. The van der Waals surface area contributed by atoms with Crippen LogP contribution in [0.4, 0.5) is 0 Å². The molecule has 6 heteroatoms. The SMILES string of the molecule is Cc1cccc(C(=O)NNC(=S)NC(=O)/C=C\c2ccccc2)c1. The number of hydrogen-bond donors (Lipinski definition) is 3. The van der Waals surface area contributed by atoms with Crippen LogP contribution >= 0.6 is 12.2 Å². The summed E-state index contributed by atoms with van der Waals surface area (Å²) >= 11 is 4.96. The van der Waals surface area contributed by atoms with E-state index in [-0.39, 0.29) is 16.9 Å². The molecular weight excluding hydrogens is 322 g/mol. The third kappa shape index (κ3) is 5.66. The van der Waals surface area contributed by atoms with Gasteiger partial charge in [0, 0.05) is 11.6 Å². The third-order valence-electron chi connectivity index (χ3n) is 3.03. The molecule has 122 valence electrons. The molecule has 0 saturated heterocycles. The van der Waals surface area contributed by atoms with E-state index >= 15 is 0 Å². The minimum Gasteiger partial charge on any atom is -0.298 e. The molecule has 0 radical (unpaired) electrons. The highest BCUT2D eigenvalue weighted by Crippen LogP contribution is 2.03. The molecule has 5 nitrogen and oxygen atoms in total. The molecule has 0 aromatic heterocycles. The van der Waals surface area contributed by atoms with E-state index in [4.69, 9.17) is 12.2 Å². The molecule has 2 rings (SSSR count). The van der Waals surface area contributed by atoms with Gasteiger partial charge in [0.05, 0.1) is 0 Å². The highest BCUT2D eigenvalue weighted by Gasteiger charge is 2.06. The standard InChI is InChI=1S/C18H17N3O2S/c1-13-6-5-9-15(12-13)17(23)20-21-18(24)19-16(22)11-10-14-7-3-2-4-8-14/h2-12H,1H3,(H,20,23)(H2,19,21,22,24)/b11-10-. The van der Waals surface area contributed by atoms with Gasteiger partial charge in [-0.2, -0.15) is 0 Å². The number of hydrogen-bond acceptors (Lipinski definition) is 3. The Kier molecular flexibility index (Phi) is 6.22. The van der Waals surface area contributed by atoms with Crippen LogP contribution in [0, 0.1) is 6.92 Å². The van der Waals surface area contributed by atoms with Gasteiger partial charge in [-0.3, -0.25) is 25.8 Å². The molecule has 3 N–H and O–H groups in total. The third-order valence-corrected chi connectivity index (χ3v) is 3.24. The van der Waals surface area contributed by atoms with Gasteiger partial charge in [0.2, 0.25) is 5.91 Å². The summed E-state index contributed by atoms with van der Waals surface area (Å²) in [7, 11) is 0. The number of amides is 2. The molecule has 2 amide bonds. The average molecular weight is 339 g/mol. The second-order valence-corrected chi connectivity index (χ2v) is 5.42. The van der Waals surface area contributed by atoms with E-state index in [0.717, 1.165) is 11.1 Å². The Morgan fingerprint density at radius 3 is 2.46 bits per heavy atom. The van der Waals surface area contributed by atoms with E-state index < -0.39 is 0 Å². The Bertz CT molecular complexity index is 773. The van der Waals surface area contributed by atoms with Gasteiger partial charge in [0.1, 0.15) is 0 Å². The molecule has 0 aliphatic carbocycles. The summed E-state index contributed by atoms with van der Waals surface area (Å²) in [5.74, 6) is -0.726. The number of rotatable bonds is 3. The van der Waals surface area contributed by atoms with Crippen molar-refractivity contribution in [3.8, 4) is 0 Å². The predicted molar refractivity (Wildman–Crippen MR) is 98.0 cm³/mol. The van der Waals surface area contributed by atoms with Crippen LogP contribution < -0.4 is 16.2 Å². The van der Waals surface area contributed by atoms with Gasteiger partial charge in [-0.1, -0.05) is 48.0 Å². The first-order valence-electron chi connectivity index (χ1n) is 7.26. The molecule has 0 fully saturated rings. The van der Waals surface area contributed by atoms with Crippen LogP contribution in [0.5, 0.6) is 0 Å². The van der Waals surface area contributed by atoms with E-state index in [1.54, 1.807) is 24.3 Å². The zero-order valence-electron chi connectivity index (χ0n) is 13.1. The number of nitrogens with one attached hydrogen (secondary N) is 3. The van der Waals surface area contributed by atoms with Crippen LogP contribution in [0.1, 0.15) is 21.5 Å². The van der Waals surface area contributed by atoms with E-state index in [1.807, 2.05) is 43.3 Å². The zero-order valence-corrected chi connectivity index (χ0v) is 13.9. The maximum absolute atomic E-state index is 11.9. The molecule has 0 heterocycles. The molecular formula is C18H17N3O2S. The molecule has 0 aliphatic rings. The first kappa shape index (κ1) is 17.4. The molecule has 2 aromatic carbocycles. The minimum absolute atomic E-state index is 0.0127. The van der Waals surface area contributed by atoms with Crippen molar-refractivity contribution < 1.29 is 9.59 Å². The molecule has 24 heavy (non-hydrogen) atoms. The number of thiocarbonyl (C=S) groups is 1. The van der Waals surface area contributed by atoms with Crippen molar-refractivity contribution in [2.24, 2.45) is 0 Å². The maximum atomic E-state index is 11.9. The van der Waals surface area contributed by atoms with Gasteiger partial charge >= 0.3 is 0 Å². The molecule has 0 spiro atoms. The fraction of sp³-hybridized carbons (Fsp3) is 0.0556. The van der Waals surface area contributed by atoms with Gasteiger partial charge in [-0.25, -0.2) is 0 Å². The normalized spacial score (nSPS) is 10.2. The van der Waals surface area contributed by atoms with Crippen LogP contribution in [-0.2, 0) is 4.79 Å². The number of carbonyl (C=O) groups excluding carboxylic acids is 2. The Morgan fingerprint density at radius 2 is 1.75 bits per heavy atom. The summed E-state index contributed by atoms with van der Waals surface area (Å²) in [6.45, 7) is 1.90. The predicted octanol–water partition coefficient (Wildman–Crippen LogP) is 2.34. The van der Waals surface area contributed by atoms with Crippen LogP contribution in [0.2, 0.25) is 0 Å². The lowest BCUT2D eigenvalue weighted by atomic mass is 10.1. The lowest BCUT2D eigenvalue weighted by Gasteiger charge is -2.10. The van der Waals surface area contributed by atoms with Crippen molar-refractivity contribution in [3.05, 3.63) is 77.4 Å². The van der Waals surface area contributed by atoms with Crippen LogP contribution in [0.3, 0.4) is 0 Å². The van der Waals surface area contributed by atoms with Gasteiger partial charge in [0.15, 0.2) is 5.11 Å². The smallest absolute Gasteiger partial charge is 0.269 e. The molecule has 0 bridgehead atoms. The summed E-state index contributed by atoms with van der Waals surface area (Å²) in [4.78, 5) is 23.7. The van der Waals surface area contributed by atoms with Crippen LogP contribution in [-0.4, -0.2) is 16.9 Å². The van der Waals surface area contributed by atoms with E-state index in [9.17, 15) is 9.59 Å². The summed E-state index contributed by atoms with van der Waals surface area (Å²) < 4.78 is 0. The minimum atomic E-state index is -0.388. The number of benzene rings is 2. The van der Waals surface area contributed by atoms with E-state index in [1.165, 1.54) is 6.08 Å². The topological polar surface area (TPSA) is 70.2 Å². The van der Waals surface area contributed by atoms with Crippen molar-refractivity contribution in [2.75, 3.05) is 0 Å². The van der Waals surface area contributed by atoms with E-state index in [2.05, 4.69) is 16.2 Å². The number of aryl methyl sites for hydroxylation is 1. The van der Waals surface area contributed by atoms with Gasteiger partial charge in [-0.05, 0) is 42.9 Å². The fourth-order valence-corrected chi connectivity index (χ4v) is 2.04. The molecule has 2 aromatic rings. The average Bonchev–Trinajstić information content (AvgIpc) is 2.59. The fourth-order valence-electron chi connectivity index (χ4n) is 1.89. The summed E-state index contributed by atoms with van der Waals surface area (Å²) in [5.41, 5.74) is 7.31. The van der Waals surface area contributed by atoms with Crippen molar-refractivity contribution in [3.63, 3.8) is 0 Å². The Hall–Kier alpha value is -2.99.